The molecule has 1 amide bonds. The van der Waals surface area contributed by atoms with Crippen LogP contribution in [-0.4, -0.2) is 12.2 Å². The van der Waals surface area contributed by atoms with Crippen molar-refractivity contribution in [1.82, 2.24) is 5.32 Å². The van der Waals surface area contributed by atoms with Crippen molar-refractivity contribution in [1.29, 1.82) is 0 Å². The summed E-state index contributed by atoms with van der Waals surface area (Å²) in [5.41, 5.74) is -0.169. The van der Waals surface area contributed by atoms with Gasteiger partial charge in [-0.15, -0.1) is 6.42 Å². The van der Waals surface area contributed by atoms with E-state index in [9.17, 15) is 4.79 Å². The number of terminal acetylenes is 1. The number of rotatable bonds is 1. The fraction of sp³-hybridized carbons (Fsp3) is 0.250. The van der Waals surface area contributed by atoms with Crippen molar-refractivity contribution in [2.45, 2.75) is 0 Å². The maximum absolute atomic E-state index is 9.96. The topological polar surface area (TPSA) is 29.1 Å². The molecule has 3 heteroatoms. The first-order chi connectivity index (χ1) is 3.27. The number of carbonyl (C=O) groups is 1. The third kappa shape index (κ3) is 5.46. The van der Waals surface area contributed by atoms with Gasteiger partial charge in [0.25, 0.3) is 0 Å². The molecule has 0 rings (SSSR count). The molecule has 0 spiro atoms. The lowest BCUT2D eigenvalue weighted by atomic mass is 10.7. The zero-order valence-corrected chi connectivity index (χ0v) is 4.92. The van der Waals surface area contributed by atoms with Gasteiger partial charge in [-0.25, -0.2) is 0 Å². The fourth-order valence-corrected chi connectivity index (χ4v) is 0.240. The Hall–Kier alpha value is -0.540. The summed E-state index contributed by atoms with van der Waals surface area (Å²) in [6, 6.07) is 0. The molecule has 0 aliphatic rings. The van der Waals surface area contributed by atoms with Crippen molar-refractivity contribution < 1.29 is 4.79 Å². The molecular formula is C4H6NOP. The Morgan fingerprint density at radius 1 is 2.00 bits per heavy atom. The smallest absolute Gasteiger partial charge is 0.235 e. The van der Waals surface area contributed by atoms with E-state index in [0.717, 1.165) is 0 Å². The maximum atomic E-state index is 9.96. The Morgan fingerprint density at radius 3 is 2.71 bits per heavy atom. The van der Waals surface area contributed by atoms with Crippen LogP contribution in [0, 0.1) is 12.3 Å². The van der Waals surface area contributed by atoms with Crippen LogP contribution in [0.3, 0.4) is 0 Å². The monoisotopic (exact) mass is 115 g/mol. The number of amides is 1. The van der Waals surface area contributed by atoms with Crippen LogP contribution in [0.5, 0.6) is 0 Å². The molecule has 1 N–H and O–H groups in total. The van der Waals surface area contributed by atoms with Gasteiger partial charge in [0.15, 0.2) is 0 Å². The number of nitrogens with one attached hydrogen (secondary N) is 1. The summed E-state index contributed by atoms with van der Waals surface area (Å²) in [6.45, 7) is 0.308. The third-order valence-electron chi connectivity index (χ3n) is 0.365. The molecule has 2 nitrogen and oxygen atoms in total. The standard InChI is InChI=1S/C4H6NOP/c1-2-3-5-4(6)7/h1H,3,7H2,(H,5,6). The Balaban J connectivity index is 3.02. The number of hydrogen-bond acceptors (Lipinski definition) is 1. The highest BCUT2D eigenvalue weighted by Gasteiger charge is 1.81. The molecule has 0 fully saturated rings. The van der Waals surface area contributed by atoms with Crippen LogP contribution < -0.4 is 5.32 Å². The molecule has 0 bridgehead atoms. The van der Waals surface area contributed by atoms with Crippen LogP contribution in [0.15, 0.2) is 0 Å². The lowest BCUT2D eigenvalue weighted by Crippen LogP contribution is -2.15. The summed E-state index contributed by atoms with van der Waals surface area (Å²) in [7, 11) is 1.96. The number of carbonyl (C=O) groups excluding carboxylic acids is 1. The van der Waals surface area contributed by atoms with E-state index in [1.165, 1.54) is 0 Å². The van der Waals surface area contributed by atoms with Gasteiger partial charge in [0.2, 0.25) is 5.65 Å². The zero-order chi connectivity index (χ0) is 5.70. The summed E-state index contributed by atoms with van der Waals surface area (Å²) in [6.07, 6.45) is 4.80. The zero-order valence-electron chi connectivity index (χ0n) is 3.77. The van der Waals surface area contributed by atoms with Gasteiger partial charge in [-0.1, -0.05) is 5.92 Å². The van der Waals surface area contributed by atoms with E-state index in [1.807, 2.05) is 9.24 Å². The molecule has 0 radical (unpaired) electrons. The molecule has 0 aliphatic heterocycles. The van der Waals surface area contributed by atoms with Crippen molar-refractivity contribution in [2.75, 3.05) is 6.54 Å². The molecule has 0 aromatic heterocycles. The second kappa shape index (κ2) is 3.64. The molecule has 0 heterocycles. The highest BCUT2D eigenvalue weighted by molar-refractivity contribution is 7.39. The van der Waals surface area contributed by atoms with Gasteiger partial charge in [0, 0.05) is 0 Å². The summed E-state index contributed by atoms with van der Waals surface area (Å²) < 4.78 is 0. The molecule has 7 heavy (non-hydrogen) atoms. The van der Waals surface area contributed by atoms with E-state index in [-0.39, 0.29) is 5.65 Å². The van der Waals surface area contributed by atoms with Gasteiger partial charge >= 0.3 is 0 Å². The molecule has 1 unspecified atom stereocenters. The van der Waals surface area contributed by atoms with Crippen LogP contribution in [0.1, 0.15) is 0 Å². The largest absolute Gasteiger partial charge is 0.342 e. The average Bonchev–Trinajstić information content (AvgIpc) is 1.61. The Morgan fingerprint density at radius 2 is 2.57 bits per heavy atom. The molecule has 0 aliphatic carbocycles. The van der Waals surface area contributed by atoms with E-state index in [1.54, 1.807) is 0 Å². The Bertz CT molecular complexity index is 105. The summed E-state index contributed by atoms with van der Waals surface area (Å²) in [5.74, 6) is 2.25. The quantitative estimate of drug-likeness (QED) is 0.384. The summed E-state index contributed by atoms with van der Waals surface area (Å²) in [4.78, 5) is 9.96. The first-order valence-electron chi connectivity index (χ1n) is 1.74. The van der Waals surface area contributed by atoms with E-state index in [0.29, 0.717) is 6.54 Å². The lowest BCUT2D eigenvalue weighted by Gasteiger charge is -1.88. The average molecular weight is 115 g/mol. The Labute approximate surface area is 44.9 Å². The second-order valence-electron chi connectivity index (χ2n) is 0.922. The molecular weight excluding hydrogens is 109 g/mol. The minimum Gasteiger partial charge on any atom is -0.342 e. The molecule has 0 saturated carbocycles. The molecule has 0 aromatic carbocycles. The van der Waals surface area contributed by atoms with Crippen LogP contribution in [0.2, 0.25) is 0 Å². The highest BCUT2D eigenvalue weighted by atomic mass is 31.0. The molecule has 38 valence electrons. The summed E-state index contributed by atoms with van der Waals surface area (Å²) >= 11 is 0. The van der Waals surface area contributed by atoms with Gasteiger partial charge in [0.1, 0.15) is 0 Å². The van der Waals surface area contributed by atoms with Crippen LogP contribution in [0.4, 0.5) is 4.79 Å². The number of hydrogen-bond donors (Lipinski definition) is 1. The predicted molar refractivity (Wildman–Crippen MR) is 31.9 cm³/mol. The van der Waals surface area contributed by atoms with Gasteiger partial charge in [0.05, 0.1) is 6.54 Å². The van der Waals surface area contributed by atoms with Crippen molar-refractivity contribution in [3.63, 3.8) is 0 Å². The molecule has 1 atom stereocenters. The van der Waals surface area contributed by atoms with Crippen molar-refractivity contribution in [2.24, 2.45) is 0 Å². The SMILES string of the molecule is C#CCNC(=O)P. The predicted octanol–water partition coefficient (Wildman–Crippen LogP) is 0.204. The van der Waals surface area contributed by atoms with Crippen LogP contribution in [-0.2, 0) is 0 Å². The molecule has 0 saturated heterocycles. The van der Waals surface area contributed by atoms with Gasteiger partial charge < -0.3 is 5.32 Å². The maximum Gasteiger partial charge on any atom is 0.235 e. The van der Waals surface area contributed by atoms with Gasteiger partial charge in [-0.05, 0) is 9.24 Å². The van der Waals surface area contributed by atoms with E-state index in [2.05, 4.69) is 11.2 Å². The van der Waals surface area contributed by atoms with Gasteiger partial charge in [-0.2, -0.15) is 0 Å². The first kappa shape index (κ1) is 6.46. The lowest BCUT2D eigenvalue weighted by molar-refractivity contribution is 0.261. The van der Waals surface area contributed by atoms with Crippen LogP contribution in [0.25, 0.3) is 0 Å². The minimum absolute atomic E-state index is 0.169. The third-order valence-corrected chi connectivity index (χ3v) is 0.569. The summed E-state index contributed by atoms with van der Waals surface area (Å²) in [5, 5.41) is 2.38. The fourth-order valence-electron chi connectivity index (χ4n) is 0.138. The van der Waals surface area contributed by atoms with Crippen molar-refractivity contribution in [3.8, 4) is 12.3 Å². The van der Waals surface area contributed by atoms with E-state index in [4.69, 9.17) is 6.42 Å². The van der Waals surface area contributed by atoms with Crippen molar-refractivity contribution in [3.05, 3.63) is 0 Å². The first-order valence-corrected chi connectivity index (χ1v) is 2.32. The second-order valence-corrected chi connectivity index (χ2v) is 1.45. The van der Waals surface area contributed by atoms with E-state index < -0.39 is 0 Å². The van der Waals surface area contributed by atoms with Gasteiger partial charge in [-0.3, -0.25) is 4.79 Å². The molecule has 0 aromatic rings. The minimum atomic E-state index is -0.169. The van der Waals surface area contributed by atoms with E-state index >= 15 is 0 Å². The van der Waals surface area contributed by atoms with Crippen molar-refractivity contribution >= 4 is 14.9 Å². The normalized spacial score (nSPS) is 6.86. The Kier molecular flexibility index (Phi) is 3.36. The van der Waals surface area contributed by atoms with Crippen LogP contribution >= 0.6 is 9.24 Å². The highest BCUT2D eigenvalue weighted by Crippen LogP contribution is 1.78.